The summed E-state index contributed by atoms with van der Waals surface area (Å²) in [6, 6.07) is 0.731. The van der Waals surface area contributed by atoms with E-state index in [1.165, 1.54) is 0 Å². The fourth-order valence-corrected chi connectivity index (χ4v) is 8.87. The Labute approximate surface area is 193 Å². The Kier molecular flexibility index (Phi) is 6.37. The van der Waals surface area contributed by atoms with Gasteiger partial charge in [0.15, 0.2) is 0 Å². The van der Waals surface area contributed by atoms with E-state index in [2.05, 4.69) is 39.9 Å². The molecule has 4 aliphatic carbocycles. The summed E-state index contributed by atoms with van der Waals surface area (Å²) in [5, 5.41) is 13.1. The van der Waals surface area contributed by atoms with Crippen LogP contribution in [0.4, 0.5) is 0 Å². The summed E-state index contributed by atoms with van der Waals surface area (Å²) in [4.78, 5) is 37.4. The van der Waals surface area contributed by atoms with Gasteiger partial charge in [-0.25, -0.2) is 0 Å². The number of carbonyl (C=O) groups is 3. The molecule has 9 atom stereocenters. The van der Waals surface area contributed by atoms with Crippen molar-refractivity contribution in [2.75, 3.05) is 0 Å². The van der Waals surface area contributed by atoms with Crippen molar-refractivity contribution in [1.29, 1.82) is 0 Å². The molecule has 5 nitrogen and oxygen atoms in total. The van der Waals surface area contributed by atoms with Crippen LogP contribution >= 0.6 is 0 Å². The molecule has 0 radical (unpaired) electrons. The average Bonchev–Trinajstić information content (AvgIpc) is 3.06. The predicted molar refractivity (Wildman–Crippen MR) is 124 cm³/mol. The number of nitrogens with one attached hydrogen (secondary N) is 1. The van der Waals surface area contributed by atoms with Crippen molar-refractivity contribution < 1.29 is 19.5 Å². The topological polar surface area (TPSA) is 83.5 Å². The van der Waals surface area contributed by atoms with Gasteiger partial charge in [0, 0.05) is 43.2 Å². The van der Waals surface area contributed by atoms with Crippen molar-refractivity contribution in [3.8, 4) is 0 Å². The minimum Gasteiger partial charge on any atom is -0.481 e. The van der Waals surface area contributed by atoms with Crippen molar-refractivity contribution in [2.45, 2.75) is 104 Å². The predicted octanol–water partition coefficient (Wildman–Crippen LogP) is 4.87. The molecule has 0 aliphatic heterocycles. The average molecular weight is 446 g/mol. The smallest absolute Gasteiger partial charge is 0.303 e. The standard InChI is InChI=1S/C27H43NO4/c1-15(2)28-22-13-17-12-18(29)10-11-26(17,4)21-14-23(30)27(5)19(7-8-20(27)25(21)22)16(3)6-9-24(31)32/h15-17,19-22,25,28H,6-14H2,1-5H3,(H,31,32)/t16-,17+,19-,20+,21+,22?,25+,26+,27-/m1/s1. The maximum Gasteiger partial charge on any atom is 0.303 e. The fourth-order valence-electron chi connectivity index (χ4n) is 8.87. The molecule has 180 valence electrons. The zero-order valence-corrected chi connectivity index (χ0v) is 20.7. The van der Waals surface area contributed by atoms with Crippen molar-refractivity contribution in [2.24, 2.45) is 46.3 Å². The molecule has 0 bridgehead atoms. The normalized spacial score (nSPS) is 44.7. The first-order chi connectivity index (χ1) is 15.0. The van der Waals surface area contributed by atoms with E-state index in [-0.39, 0.29) is 29.1 Å². The van der Waals surface area contributed by atoms with E-state index < -0.39 is 5.97 Å². The number of fused-ring (bicyclic) bond motifs is 5. The maximum absolute atomic E-state index is 13.9. The van der Waals surface area contributed by atoms with Gasteiger partial charge >= 0.3 is 5.97 Å². The van der Waals surface area contributed by atoms with Gasteiger partial charge in [-0.05, 0) is 73.0 Å². The molecular formula is C27H43NO4. The Balaban J connectivity index is 1.67. The van der Waals surface area contributed by atoms with Gasteiger partial charge in [0.2, 0.25) is 0 Å². The molecule has 4 rings (SSSR count). The number of hydrogen-bond acceptors (Lipinski definition) is 4. The number of carboxylic acid groups (broad SMARTS) is 1. The largest absolute Gasteiger partial charge is 0.481 e. The number of rotatable bonds is 6. The van der Waals surface area contributed by atoms with Gasteiger partial charge in [0.25, 0.3) is 0 Å². The second kappa shape index (κ2) is 8.52. The first-order valence-electron chi connectivity index (χ1n) is 13.0. The highest BCUT2D eigenvalue weighted by Crippen LogP contribution is 2.67. The van der Waals surface area contributed by atoms with Crippen LogP contribution < -0.4 is 5.32 Å². The van der Waals surface area contributed by atoms with Crippen LogP contribution in [0.1, 0.15) is 92.4 Å². The van der Waals surface area contributed by atoms with E-state index in [0.717, 1.165) is 25.7 Å². The Bertz CT molecular complexity index is 778. The monoisotopic (exact) mass is 445 g/mol. The summed E-state index contributed by atoms with van der Waals surface area (Å²) in [6.45, 7) is 11.2. The Morgan fingerprint density at radius 1 is 1.12 bits per heavy atom. The molecule has 1 unspecified atom stereocenters. The minimum atomic E-state index is -0.745. The van der Waals surface area contributed by atoms with Crippen LogP contribution in [0.15, 0.2) is 0 Å². The molecule has 32 heavy (non-hydrogen) atoms. The van der Waals surface area contributed by atoms with Gasteiger partial charge in [0.05, 0.1) is 0 Å². The molecular weight excluding hydrogens is 402 g/mol. The number of hydrogen-bond donors (Lipinski definition) is 2. The van der Waals surface area contributed by atoms with E-state index in [1.807, 2.05) is 0 Å². The number of aliphatic carboxylic acids is 1. The molecule has 0 heterocycles. The van der Waals surface area contributed by atoms with Crippen LogP contribution in [0.2, 0.25) is 0 Å². The highest BCUT2D eigenvalue weighted by atomic mass is 16.4. The fraction of sp³-hybridized carbons (Fsp3) is 0.889. The summed E-state index contributed by atoms with van der Waals surface area (Å²) in [5.74, 6) is 2.14. The van der Waals surface area contributed by atoms with Crippen molar-refractivity contribution in [1.82, 2.24) is 5.32 Å². The quantitative estimate of drug-likeness (QED) is 0.609. The van der Waals surface area contributed by atoms with E-state index in [9.17, 15) is 19.5 Å². The molecule has 0 aromatic rings. The van der Waals surface area contributed by atoms with Crippen LogP contribution in [0.3, 0.4) is 0 Å². The second-order valence-corrected chi connectivity index (χ2v) is 12.4. The summed E-state index contributed by atoms with van der Waals surface area (Å²) in [7, 11) is 0. The van der Waals surface area contributed by atoms with Gasteiger partial charge in [-0.15, -0.1) is 0 Å². The van der Waals surface area contributed by atoms with Gasteiger partial charge in [0.1, 0.15) is 11.6 Å². The van der Waals surface area contributed by atoms with Gasteiger partial charge in [-0.3, -0.25) is 14.4 Å². The van der Waals surface area contributed by atoms with Gasteiger partial charge in [-0.2, -0.15) is 0 Å². The van der Waals surface area contributed by atoms with Crippen molar-refractivity contribution in [3.63, 3.8) is 0 Å². The van der Waals surface area contributed by atoms with Crippen LogP contribution in [-0.4, -0.2) is 34.7 Å². The molecule has 0 aromatic carbocycles. The lowest BCUT2D eigenvalue weighted by Gasteiger charge is -2.62. The zero-order valence-electron chi connectivity index (χ0n) is 20.7. The molecule has 5 heteroatoms. The third kappa shape index (κ3) is 3.76. The summed E-state index contributed by atoms with van der Waals surface area (Å²) in [6.07, 6.45) is 6.90. The highest BCUT2D eigenvalue weighted by Gasteiger charge is 2.66. The molecule has 4 fully saturated rings. The Morgan fingerprint density at radius 2 is 1.84 bits per heavy atom. The van der Waals surface area contributed by atoms with Gasteiger partial charge < -0.3 is 10.4 Å². The summed E-state index contributed by atoms with van der Waals surface area (Å²) >= 11 is 0. The SMILES string of the molecule is CC(C)NC1C[C@@H]2CC(=O)CC[C@]2(C)[C@H]2CC(=O)[C@]3(C)[C@@H]([C@H](C)CCC(=O)O)CC[C@H]3[C@H]12. The van der Waals surface area contributed by atoms with Crippen LogP contribution in [0.5, 0.6) is 0 Å². The number of carboxylic acids is 1. The van der Waals surface area contributed by atoms with E-state index >= 15 is 0 Å². The van der Waals surface area contributed by atoms with E-state index in [1.54, 1.807) is 0 Å². The Morgan fingerprint density at radius 3 is 2.50 bits per heavy atom. The summed E-state index contributed by atoms with van der Waals surface area (Å²) < 4.78 is 0. The van der Waals surface area contributed by atoms with Gasteiger partial charge in [-0.1, -0.05) is 34.6 Å². The zero-order chi connectivity index (χ0) is 23.4. The van der Waals surface area contributed by atoms with Crippen LogP contribution in [0.25, 0.3) is 0 Å². The number of carbonyl (C=O) groups excluding carboxylic acids is 2. The van der Waals surface area contributed by atoms with Crippen LogP contribution in [-0.2, 0) is 14.4 Å². The Hall–Kier alpha value is -1.23. The minimum absolute atomic E-state index is 0.0811. The van der Waals surface area contributed by atoms with E-state index in [4.69, 9.17) is 0 Å². The van der Waals surface area contributed by atoms with Crippen molar-refractivity contribution in [3.05, 3.63) is 0 Å². The molecule has 0 saturated heterocycles. The first-order valence-corrected chi connectivity index (χ1v) is 13.0. The lowest BCUT2D eigenvalue weighted by molar-refractivity contribution is -0.163. The molecule has 0 spiro atoms. The first kappa shape index (κ1) is 23.9. The maximum atomic E-state index is 13.9. The van der Waals surface area contributed by atoms with E-state index in [0.29, 0.717) is 73.0 Å². The number of ketones is 2. The molecule has 2 N–H and O–H groups in total. The molecule has 4 saturated carbocycles. The third-order valence-electron chi connectivity index (χ3n) is 10.5. The summed E-state index contributed by atoms with van der Waals surface area (Å²) in [5.41, 5.74) is -0.262. The molecule has 0 amide bonds. The third-order valence-corrected chi connectivity index (χ3v) is 10.5. The highest BCUT2D eigenvalue weighted by molar-refractivity contribution is 5.87. The molecule has 4 aliphatic rings. The second-order valence-electron chi connectivity index (χ2n) is 12.4. The van der Waals surface area contributed by atoms with Crippen molar-refractivity contribution >= 4 is 17.5 Å². The lowest BCUT2D eigenvalue weighted by Crippen LogP contribution is -2.64. The van der Waals surface area contributed by atoms with Crippen LogP contribution in [0, 0.1) is 46.3 Å². The molecule has 0 aromatic heterocycles. The lowest BCUT2D eigenvalue weighted by atomic mass is 9.43. The number of Topliss-reactive ketones (excluding diaryl/α,β-unsaturated/α-hetero) is 2.